The number of anilines is 1. The molecule has 0 aliphatic carbocycles. The molecule has 19 heavy (non-hydrogen) atoms. The molecule has 0 unspecified atom stereocenters. The van der Waals surface area contributed by atoms with Crippen molar-refractivity contribution in [3.8, 4) is 0 Å². The molecule has 0 saturated carbocycles. The van der Waals surface area contributed by atoms with Gasteiger partial charge in [-0.2, -0.15) is 0 Å². The van der Waals surface area contributed by atoms with Gasteiger partial charge in [-0.15, -0.1) is 11.3 Å². The molecule has 0 fully saturated rings. The Morgan fingerprint density at radius 1 is 1.26 bits per heavy atom. The van der Waals surface area contributed by atoms with Gasteiger partial charge in [-0.25, -0.2) is 9.18 Å². The minimum atomic E-state index is -1.06. The molecule has 1 amide bonds. The number of carbonyl (C=O) groups is 2. The maximum absolute atomic E-state index is 13.7. The molecule has 1 heterocycles. The fourth-order valence-electron chi connectivity index (χ4n) is 1.52. The third kappa shape index (κ3) is 2.79. The number of halogens is 1. The number of benzene rings is 1. The van der Waals surface area contributed by atoms with Crippen molar-refractivity contribution >= 4 is 28.2 Å². The van der Waals surface area contributed by atoms with Gasteiger partial charge in [0.15, 0.2) is 0 Å². The molecule has 0 aliphatic rings. The normalized spacial score (nSPS) is 10.2. The second kappa shape index (κ2) is 5.19. The van der Waals surface area contributed by atoms with E-state index in [1.54, 1.807) is 19.1 Å². The molecule has 0 bridgehead atoms. The highest BCUT2D eigenvalue weighted by molar-refractivity contribution is 7.18. The van der Waals surface area contributed by atoms with E-state index in [-0.39, 0.29) is 10.4 Å². The highest BCUT2D eigenvalue weighted by Crippen LogP contribution is 2.23. The first-order valence-corrected chi connectivity index (χ1v) is 6.20. The third-order valence-corrected chi connectivity index (χ3v) is 3.48. The summed E-state index contributed by atoms with van der Waals surface area (Å²) < 4.78 is 13.7. The largest absolute Gasteiger partial charge is 0.477 e. The number of thiophene rings is 1. The average molecular weight is 279 g/mol. The lowest BCUT2D eigenvalue weighted by Gasteiger charge is -2.05. The van der Waals surface area contributed by atoms with Crippen molar-refractivity contribution in [1.29, 1.82) is 0 Å². The van der Waals surface area contributed by atoms with E-state index in [9.17, 15) is 14.0 Å². The van der Waals surface area contributed by atoms with E-state index in [1.165, 1.54) is 18.2 Å². The Kier molecular flexibility index (Phi) is 3.62. The van der Waals surface area contributed by atoms with Crippen molar-refractivity contribution in [3.63, 3.8) is 0 Å². The van der Waals surface area contributed by atoms with Crippen molar-refractivity contribution in [1.82, 2.24) is 0 Å². The molecule has 2 N–H and O–H groups in total. The Bertz CT molecular complexity index is 651. The van der Waals surface area contributed by atoms with Gasteiger partial charge in [0.05, 0.1) is 10.6 Å². The van der Waals surface area contributed by atoms with E-state index < -0.39 is 17.7 Å². The summed E-state index contributed by atoms with van der Waals surface area (Å²) in [6.45, 7) is 1.57. The van der Waals surface area contributed by atoms with E-state index in [0.29, 0.717) is 10.6 Å². The second-order valence-corrected chi connectivity index (χ2v) is 4.94. The number of aryl methyl sites for hydroxylation is 1. The SMILES string of the molecule is Cc1cccc(C(=O)Nc2ccc(C(=O)O)s2)c1F. The quantitative estimate of drug-likeness (QED) is 0.907. The summed E-state index contributed by atoms with van der Waals surface area (Å²) >= 11 is 0.920. The molecule has 1 aromatic heterocycles. The van der Waals surface area contributed by atoms with Crippen LogP contribution in [0, 0.1) is 12.7 Å². The molecule has 2 aromatic rings. The molecular weight excluding hydrogens is 269 g/mol. The van der Waals surface area contributed by atoms with Crippen LogP contribution in [0.25, 0.3) is 0 Å². The van der Waals surface area contributed by atoms with E-state index in [4.69, 9.17) is 5.11 Å². The van der Waals surface area contributed by atoms with E-state index in [0.717, 1.165) is 11.3 Å². The summed E-state index contributed by atoms with van der Waals surface area (Å²) in [5, 5.41) is 11.6. The van der Waals surface area contributed by atoms with Crippen LogP contribution in [0.3, 0.4) is 0 Å². The first-order valence-electron chi connectivity index (χ1n) is 5.38. The second-order valence-electron chi connectivity index (χ2n) is 3.86. The zero-order valence-electron chi connectivity index (χ0n) is 9.94. The van der Waals surface area contributed by atoms with Crippen LogP contribution in [0.4, 0.5) is 9.39 Å². The number of carboxylic acids is 1. The van der Waals surface area contributed by atoms with Gasteiger partial charge in [-0.3, -0.25) is 4.79 Å². The van der Waals surface area contributed by atoms with E-state index in [1.807, 2.05) is 0 Å². The van der Waals surface area contributed by atoms with Crippen LogP contribution in [-0.4, -0.2) is 17.0 Å². The van der Waals surface area contributed by atoms with Crippen molar-refractivity contribution in [2.45, 2.75) is 6.92 Å². The van der Waals surface area contributed by atoms with Crippen LogP contribution >= 0.6 is 11.3 Å². The predicted molar refractivity (Wildman–Crippen MR) is 70.4 cm³/mol. The minimum Gasteiger partial charge on any atom is -0.477 e. The third-order valence-electron chi connectivity index (χ3n) is 2.49. The van der Waals surface area contributed by atoms with Gasteiger partial charge < -0.3 is 10.4 Å². The predicted octanol–water partition coefficient (Wildman–Crippen LogP) is 3.15. The topological polar surface area (TPSA) is 66.4 Å². The Morgan fingerprint density at radius 2 is 2.00 bits per heavy atom. The number of hydrogen-bond acceptors (Lipinski definition) is 3. The Labute approximate surface area is 112 Å². The zero-order chi connectivity index (χ0) is 14.0. The zero-order valence-corrected chi connectivity index (χ0v) is 10.8. The lowest BCUT2D eigenvalue weighted by atomic mass is 10.1. The number of rotatable bonds is 3. The molecule has 0 saturated heterocycles. The molecule has 0 atom stereocenters. The molecular formula is C13H10FNO3S. The Hall–Kier alpha value is -2.21. The first-order chi connectivity index (χ1) is 8.99. The van der Waals surface area contributed by atoms with Gasteiger partial charge in [0.2, 0.25) is 0 Å². The number of carbonyl (C=O) groups excluding carboxylic acids is 1. The molecule has 1 aromatic carbocycles. The van der Waals surface area contributed by atoms with Gasteiger partial charge in [-0.1, -0.05) is 12.1 Å². The number of hydrogen-bond donors (Lipinski definition) is 2. The number of aromatic carboxylic acids is 1. The molecule has 0 aliphatic heterocycles. The van der Waals surface area contributed by atoms with Gasteiger partial charge in [0.1, 0.15) is 10.7 Å². The van der Waals surface area contributed by atoms with Gasteiger partial charge in [0.25, 0.3) is 5.91 Å². The summed E-state index contributed by atoms with van der Waals surface area (Å²) in [6, 6.07) is 7.39. The smallest absolute Gasteiger partial charge is 0.345 e. The standard InChI is InChI=1S/C13H10FNO3S/c1-7-3-2-4-8(11(7)14)12(16)15-10-6-5-9(19-10)13(17)18/h2-6H,1H3,(H,15,16)(H,17,18). The number of carboxylic acid groups (broad SMARTS) is 1. The number of amides is 1. The summed E-state index contributed by atoms with van der Waals surface area (Å²) in [4.78, 5) is 22.7. The van der Waals surface area contributed by atoms with Crippen LogP contribution in [0.1, 0.15) is 25.6 Å². The van der Waals surface area contributed by atoms with Gasteiger partial charge >= 0.3 is 5.97 Å². The van der Waals surface area contributed by atoms with Crippen LogP contribution in [-0.2, 0) is 0 Å². The fourth-order valence-corrected chi connectivity index (χ4v) is 2.26. The van der Waals surface area contributed by atoms with Crippen molar-refractivity contribution < 1.29 is 19.1 Å². The molecule has 6 heteroatoms. The fraction of sp³-hybridized carbons (Fsp3) is 0.0769. The van der Waals surface area contributed by atoms with E-state index in [2.05, 4.69) is 5.32 Å². The maximum Gasteiger partial charge on any atom is 0.345 e. The van der Waals surface area contributed by atoms with Crippen molar-refractivity contribution in [2.75, 3.05) is 5.32 Å². The van der Waals surface area contributed by atoms with E-state index >= 15 is 0 Å². The van der Waals surface area contributed by atoms with Gasteiger partial charge in [-0.05, 0) is 30.7 Å². The highest BCUT2D eigenvalue weighted by Gasteiger charge is 2.15. The summed E-state index contributed by atoms with van der Waals surface area (Å²) in [6.07, 6.45) is 0. The van der Waals surface area contributed by atoms with Crippen molar-refractivity contribution in [3.05, 3.63) is 52.2 Å². The van der Waals surface area contributed by atoms with Gasteiger partial charge in [0, 0.05) is 0 Å². The summed E-state index contributed by atoms with van der Waals surface area (Å²) in [5.74, 6) is -2.23. The average Bonchev–Trinajstić information content (AvgIpc) is 2.81. The van der Waals surface area contributed by atoms with Crippen LogP contribution < -0.4 is 5.32 Å². The maximum atomic E-state index is 13.7. The summed E-state index contributed by atoms with van der Waals surface area (Å²) in [7, 11) is 0. The molecule has 98 valence electrons. The number of nitrogens with one attached hydrogen (secondary N) is 1. The van der Waals surface area contributed by atoms with Crippen molar-refractivity contribution in [2.24, 2.45) is 0 Å². The molecule has 0 radical (unpaired) electrons. The Balaban J connectivity index is 2.21. The molecule has 4 nitrogen and oxygen atoms in total. The van der Waals surface area contributed by atoms with Crippen LogP contribution in [0.15, 0.2) is 30.3 Å². The van der Waals surface area contributed by atoms with Crippen LogP contribution in [0.2, 0.25) is 0 Å². The Morgan fingerprint density at radius 3 is 2.63 bits per heavy atom. The summed E-state index contributed by atoms with van der Waals surface area (Å²) in [5.41, 5.74) is 0.315. The lowest BCUT2D eigenvalue weighted by molar-refractivity contribution is 0.0702. The molecule has 2 rings (SSSR count). The minimum absolute atomic E-state index is 0.0646. The first kappa shape index (κ1) is 13.2. The van der Waals surface area contributed by atoms with Crippen LogP contribution in [0.5, 0.6) is 0 Å². The highest BCUT2D eigenvalue weighted by atomic mass is 32.1. The molecule has 0 spiro atoms. The monoisotopic (exact) mass is 279 g/mol. The lowest BCUT2D eigenvalue weighted by Crippen LogP contribution is -2.13.